The predicted octanol–water partition coefficient (Wildman–Crippen LogP) is -11.6. The van der Waals surface area contributed by atoms with Gasteiger partial charge in [-0.25, -0.2) is 21.4 Å². The Morgan fingerprint density at radius 3 is 2.27 bits per heavy atom. The molecule has 2 aromatic heterocycles. The quantitative estimate of drug-likeness (QED) is 0.0129. The van der Waals surface area contributed by atoms with E-state index in [2.05, 4.69) is 44.1 Å². The first kappa shape index (κ1) is 50.7. The summed E-state index contributed by atoms with van der Waals surface area (Å²) in [6.07, 6.45) is 2.70. The molecule has 28 heteroatoms. The molecule has 0 fully saturated rings. The second-order valence-electron chi connectivity index (χ2n) is 8.84. The van der Waals surface area contributed by atoms with E-state index < -0.39 is 38.6 Å². The minimum atomic E-state index is -5.11. The smallest absolute Gasteiger partial charge is 1.00 e. The maximum atomic E-state index is 12.8. The van der Waals surface area contributed by atoms with Crippen LogP contribution in [0.15, 0.2) is 74.9 Å². The molecule has 0 atom stereocenters. The molecule has 2 heterocycles. The Morgan fingerprint density at radius 2 is 1.67 bits per heavy atom. The zero-order valence-corrected chi connectivity index (χ0v) is 37.2. The van der Waals surface area contributed by atoms with Crippen molar-refractivity contribution in [3.05, 3.63) is 65.7 Å². The molecule has 3 N–H and O–H groups in total. The third-order valence-electron chi connectivity index (χ3n) is 5.77. The molecule has 0 spiro atoms. The van der Waals surface area contributed by atoms with Gasteiger partial charge in [-0.1, -0.05) is 0 Å². The van der Waals surface area contributed by atoms with Crippen molar-refractivity contribution in [1.82, 2.24) is 15.0 Å². The Kier molecular flexibility index (Phi) is 22.4. The number of pyridine rings is 1. The summed E-state index contributed by atoms with van der Waals surface area (Å²) in [6, 6.07) is 8.67. The van der Waals surface area contributed by atoms with Crippen LogP contribution in [-0.4, -0.2) is 61.8 Å². The van der Waals surface area contributed by atoms with Crippen molar-refractivity contribution in [1.29, 1.82) is 0 Å². The average Bonchev–Trinajstić information content (AvgIpc) is 3.02. The first-order chi connectivity index (χ1) is 22.7. The first-order valence-corrected chi connectivity index (χ1v) is 16.7. The van der Waals surface area contributed by atoms with Crippen molar-refractivity contribution in [2.45, 2.75) is 9.79 Å². The number of carbonyl (C=O) groups excluding carboxylic acids is 1. The summed E-state index contributed by atoms with van der Waals surface area (Å²) in [5, 5.41) is 35.8. The van der Waals surface area contributed by atoms with E-state index in [-0.39, 0.29) is 162 Å². The number of nitrogen functional groups attached to an aromatic ring is 1. The number of carboxylic acids is 1. The van der Waals surface area contributed by atoms with Crippen molar-refractivity contribution in [3.8, 4) is 11.7 Å². The number of rotatable bonds is 15. The van der Waals surface area contributed by atoms with Gasteiger partial charge in [-0.3, -0.25) is 9.22 Å². The van der Waals surface area contributed by atoms with Crippen LogP contribution in [0.5, 0.6) is 5.75 Å². The summed E-state index contributed by atoms with van der Waals surface area (Å²) in [5.74, 6) is -2.31. The summed E-state index contributed by atoms with van der Waals surface area (Å²) in [6.45, 7) is -0.917. The normalized spacial score (nSPS) is 11.0. The zero-order chi connectivity index (χ0) is 35.1. The fourth-order valence-corrected chi connectivity index (χ4v) is 5.70. The van der Waals surface area contributed by atoms with Crippen LogP contribution < -0.4 is 132 Å². The summed E-state index contributed by atoms with van der Waals surface area (Å²) in [5.41, 5.74) is 6.06. The van der Waals surface area contributed by atoms with Crippen LogP contribution in [0.1, 0.15) is 10.4 Å². The van der Waals surface area contributed by atoms with Crippen LogP contribution in [0.3, 0.4) is 0 Å². The van der Waals surface area contributed by atoms with Crippen molar-refractivity contribution in [2.75, 3.05) is 30.5 Å². The molecule has 0 saturated heterocycles. The van der Waals surface area contributed by atoms with Crippen molar-refractivity contribution in [3.63, 3.8) is 0 Å². The first-order valence-electron chi connectivity index (χ1n) is 12.6. The SMILES string of the molecule is COc1ccc(S(=O)(=O)CCOS(=O)(=O)[O-])cc1N=Nc1cc(SOO[O-])c(N)cc1Nc1nc(Cl)nc(-[n+]2ccc(C(=O)[O-])cc2)n1.[Cl-].[Na+].[Na+].[Na+]. The number of nitrogens with two attached hydrogens (primary N) is 1. The van der Waals surface area contributed by atoms with Crippen molar-refractivity contribution in [2.24, 2.45) is 10.2 Å². The molecule has 4 rings (SSSR count). The van der Waals surface area contributed by atoms with E-state index in [1.54, 1.807) is 0 Å². The number of anilines is 3. The molecule has 0 aliphatic rings. The molecule has 0 saturated carbocycles. The van der Waals surface area contributed by atoms with E-state index in [4.69, 9.17) is 22.1 Å². The molecule has 0 bridgehead atoms. The second-order valence-corrected chi connectivity index (χ2v) is 13.1. The van der Waals surface area contributed by atoms with Gasteiger partial charge >= 0.3 is 106 Å². The number of halogens is 2. The fraction of sp³-hybridized carbons (Fsp3) is 0.125. The Hall–Kier alpha value is -1.30. The van der Waals surface area contributed by atoms with Gasteiger partial charge in [0.25, 0.3) is 0 Å². The van der Waals surface area contributed by atoms with E-state index in [0.717, 1.165) is 12.1 Å². The molecule has 0 aliphatic carbocycles. The molecule has 2 aromatic carbocycles. The Labute approximate surface area is 377 Å². The number of aromatic carboxylic acids is 1. The average molecular weight is 848 g/mol. The van der Waals surface area contributed by atoms with E-state index in [0.29, 0.717) is 12.0 Å². The van der Waals surface area contributed by atoms with Gasteiger partial charge in [0, 0.05) is 11.3 Å². The largest absolute Gasteiger partial charge is 1.00 e. The van der Waals surface area contributed by atoms with Gasteiger partial charge in [-0.05, 0) is 64.0 Å². The number of nitrogens with one attached hydrogen (secondary N) is 1. The van der Waals surface area contributed by atoms with Crippen molar-refractivity contribution >= 4 is 78.5 Å². The van der Waals surface area contributed by atoms with Crippen LogP contribution in [0, 0.1) is 0 Å². The fourth-order valence-electron chi connectivity index (χ4n) is 3.63. The van der Waals surface area contributed by atoms with Gasteiger partial charge in [0.2, 0.25) is 10.4 Å². The Bertz CT molecular complexity index is 2090. The number of hydrogen-bond acceptors (Lipinski definition) is 20. The van der Waals surface area contributed by atoms with E-state index in [9.17, 15) is 36.5 Å². The Balaban J connectivity index is 0.00000650. The second kappa shape index (κ2) is 22.9. The minimum Gasteiger partial charge on any atom is -1.00 e. The molecule has 0 aliphatic heterocycles. The number of ether oxygens (including phenoxy) is 1. The number of hydrogen-bond donors (Lipinski definition) is 2. The monoisotopic (exact) mass is 846 g/mol. The molecule has 4 aromatic rings. The van der Waals surface area contributed by atoms with Gasteiger partial charge in [0.1, 0.15) is 17.1 Å². The van der Waals surface area contributed by atoms with E-state index in [1.165, 1.54) is 54.4 Å². The molecule has 20 nitrogen and oxygen atoms in total. The number of nitrogens with zero attached hydrogens (tertiary/aromatic N) is 6. The standard InChI is InChI=1S/C24H21ClN8O12S3.ClH.3Na/c1-42-19-3-2-14(47(37,38)9-8-43-48(39,40)41)10-18(19)32-31-17-12-20(46-45-44-36)15(26)11-16(17)27-23-28-22(25)29-24(30-23)33-6-4-13(5-7-33)21(34)35;;;;/h2-7,10-12H,8-9H2,1H3,(H5-,26,27,28,29,30,32,34,35,36,39,40,41);1H;;;/q;;3*+1/p-3. The van der Waals surface area contributed by atoms with E-state index >= 15 is 0 Å². The summed E-state index contributed by atoms with van der Waals surface area (Å²) in [7, 11) is -8.00. The minimum absolute atomic E-state index is 0. The predicted molar refractivity (Wildman–Crippen MR) is 158 cm³/mol. The molecule has 52 heavy (non-hydrogen) atoms. The molecule has 0 unspecified atom stereocenters. The summed E-state index contributed by atoms with van der Waals surface area (Å²) in [4.78, 5) is 23.2. The van der Waals surface area contributed by atoms with Crippen LogP contribution >= 0.6 is 23.6 Å². The van der Waals surface area contributed by atoms with Gasteiger partial charge < -0.3 is 47.9 Å². The summed E-state index contributed by atoms with van der Waals surface area (Å²) < 4.78 is 72.5. The number of benzene rings is 2. The number of carbonyl (C=O) groups is 1. The van der Waals surface area contributed by atoms with Crippen LogP contribution in [0.25, 0.3) is 5.95 Å². The number of carboxylic acid groups (broad SMARTS) is 1. The van der Waals surface area contributed by atoms with Crippen LogP contribution in [-0.2, 0) is 33.8 Å². The maximum absolute atomic E-state index is 12.8. The summed E-state index contributed by atoms with van der Waals surface area (Å²) >= 11 is 6.56. The van der Waals surface area contributed by atoms with Gasteiger partial charge in [-0.15, -0.1) is 10.2 Å². The third-order valence-corrected chi connectivity index (χ3v) is 8.73. The van der Waals surface area contributed by atoms with Gasteiger partial charge in [0.15, 0.2) is 9.84 Å². The number of methoxy groups -OCH3 is 1. The molecule has 0 radical (unpaired) electrons. The van der Waals surface area contributed by atoms with Crippen molar-refractivity contribution < 1.29 is 160 Å². The Morgan fingerprint density at radius 1 is 1.02 bits per heavy atom. The van der Waals surface area contributed by atoms with Crippen LogP contribution in [0.2, 0.25) is 5.28 Å². The zero-order valence-electron chi connectivity index (χ0n) is 27.3. The van der Waals surface area contributed by atoms with Gasteiger partial charge in [0.05, 0.1) is 65.4 Å². The topological polar surface area (TPSA) is 297 Å². The molecule has 262 valence electrons. The third kappa shape index (κ3) is 14.7. The van der Waals surface area contributed by atoms with Gasteiger partial charge in [-0.2, -0.15) is 9.32 Å². The number of sulfone groups is 1. The van der Waals surface area contributed by atoms with Crippen LogP contribution in [0.4, 0.5) is 28.7 Å². The molecular weight excluding hydrogens is 828 g/mol. The molecular formula is C24H19Cl2N8Na3O12S3. The number of aromatic nitrogens is 4. The molecule has 0 amide bonds. The maximum Gasteiger partial charge on any atom is 1.00 e. The van der Waals surface area contributed by atoms with E-state index in [1.807, 2.05) is 0 Å². The number of azo groups is 1.